The van der Waals surface area contributed by atoms with Gasteiger partial charge in [0, 0.05) is 19.9 Å². The van der Waals surface area contributed by atoms with Gasteiger partial charge in [0.15, 0.2) is 0 Å². The van der Waals surface area contributed by atoms with Gasteiger partial charge >= 0.3 is 18.0 Å². The van der Waals surface area contributed by atoms with Gasteiger partial charge in [0.05, 0.1) is 0 Å². The second kappa shape index (κ2) is 10.8. The Hall–Kier alpha value is -3.10. The fourth-order valence-corrected chi connectivity index (χ4v) is 1.98. The molecule has 0 saturated carbocycles. The van der Waals surface area contributed by atoms with Crippen molar-refractivity contribution in [2.75, 3.05) is 7.05 Å². The summed E-state index contributed by atoms with van der Waals surface area (Å²) in [5.74, 6) is -2.10. The third kappa shape index (κ3) is 7.76. The summed E-state index contributed by atoms with van der Waals surface area (Å²) in [6.45, 7) is 3.04. The Morgan fingerprint density at radius 2 is 1.85 bits per heavy atom. The molecule has 0 aliphatic rings. The predicted octanol–water partition coefficient (Wildman–Crippen LogP) is 1.96. The van der Waals surface area contributed by atoms with Crippen LogP contribution >= 0.6 is 0 Å². The summed E-state index contributed by atoms with van der Waals surface area (Å²) < 4.78 is 10.1. The number of carbonyl (C=O) groups excluding carboxylic acids is 2. The van der Waals surface area contributed by atoms with E-state index in [4.69, 9.17) is 20.0 Å². The van der Waals surface area contributed by atoms with Crippen LogP contribution in [0.2, 0.25) is 0 Å². The van der Waals surface area contributed by atoms with Crippen molar-refractivity contribution in [3.63, 3.8) is 0 Å². The molecule has 0 aliphatic carbocycles. The van der Waals surface area contributed by atoms with Crippen molar-refractivity contribution in [2.45, 2.75) is 45.4 Å². The molecule has 27 heavy (non-hydrogen) atoms. The van der Waals surface area contributed by atoms with E-state index < -0.39 is 36.3 Å². The van der Waals surface area contributed by atoms with E-state index in [2.05, 4.69) is 5.32 Å². The number of guanidine groups is 1. The van der Waals surface area contributed by atoms with E-state index in [0.29, 0.717) is 6.42 Å². The van der Waals surface area contributed by atoms with Crippen molar-refractivity contribution in [3.05, 3.63) is 35.9 Å². The number of alkyl carbamates (subject to hydrolysis) is 1. The zero-order valence-corrected chi connectivity index (χ0v) is 15.6. The van der Waals surface area contributed by atoms with Gasteiger partial charge in [0.25, 0.3) is 0 Å². The summed E-state index contributed by atoms with van der Waals surface area (Å²) in [7, 11) is 1.35. The Balaban J connectivity index is 2.45. The average Bonchev–Trinajstić information content (AvgIpc) is 2.65. The van der Waals surface area contributed by atoms with E-state index in [1.165, 1.54) is 14.0 Å². The van der Waals surface area contributed by atoms with Gasteiger partial charge in [0.1, 0.15) is 6.04 Å². The number of carboxylic acids is 1. The molecule has 0 radical (unpaired) electrons. The molecular formula is C18H25N3O6. The standard InChI is InChI=1S/C18H25N3O6/c1-4-15(26-14(22)11-10-13-8-6-5-7-9-13)27-18(25)20-17(19)21(3)12(2)16(23)24/h5-9,12,15H,4,10-11H2,1-3H3,(H,23,24)(H2,19,20,25). The van der Waals surface area contributed by atoms with Crippen LogP contribution < -0.4 is 5.32 Å². The summed E-state index contributed by atoms with van der Waals surface area (Å²) in [6, 6.07) is 8.42. The highest BCUT2D eigenvalue weighted by atomic mass is 16.7. The number of aryl methyl sites for hydroxylation is 1. The number of esters is 1. The van der Waals surface area contributed by atoms with E-state index in [-0.39, 0.29) is 12.8 Å². The highest BCUT2D eigenvalue weighted by molar-refractivity contribution is 5.94. The molecule has 9 nitrogen and oxygen atoms in total. The molecule has 0 heterocycles. The minimum atomic E-state index is -1.14. The molecule has 2 atom stereocenters. The van der Waals surface area contributed by atoms with E-state index in [1.54, 1.807) is 6.92 Å². The molecule has 0 aliphatic heterocycles. The molecule has 2 unspecified atom stereocenters. The number of likely N-dealkylation sites (N-methyl/N-ethyl adjacent to an activating group) is 1. The Bertz CT molecular complexity index is 664. The van der Waals surface area contributed by atoms with Gasteiger partial charge in [0.2, 0.25) is 12.2 Å². The van der Waals surface area contributed by atoms with Crippen LogP contribution in [-0.4, -0.2) is 53.4 Å². The van der Waals surface area contributed by atoms with Crippen LogP contribution in [0.25, 0.3) is 0 Å². The number of amides is 1. The number of carbonyl (C=O) groups is 3. The normalized spacial score (nSPS) is 12.4. The highest BCUT2D eigenvalue weighted by Crippen LogP contribution is 2.07. The van der Waals surface area contributed by atoms with Crippen molar-refractivity contribution in [2.24, 2.45) is 0 Å². The molecule has 0 saturated heterocycles. The Labute approximate surface area is 157 Å². The first-order valence-electron chi connectivity index (χ1n) is 8.49. The molecule has 0 fully saturated rings. The van der Waals surface area contributed by atoms with E-state index in [1.807, 2.05) is 30.3 Å². The molecule has 0 aromatic heterocycles. The summed E-state index contributed by atoms with van der Waals surface area (Å²) in [6.07, 6.45) is -1.22. The average molecular weight is 379 g/mol. The number of nitrogens with one attached hydrogen (secondary N) is 2. The van der Waals surface area contributed by atoms with Crippen molar-refractivity contribution in [1.29, 1.82) is 5.41 Å². The van der Waals surface area contributed by atoms with E-state index >= 15 is 0 Å². The molecule has 1 rings (SSSR count). The summed E-state index contributed by atoms with van der Waals surface area (Å²) in [4.78, 5) is 35.7. The molecule has 1 aromatic rings. The van der Waals surface area contributed by atoms with Gasteiger partial charge < -0.3 is 19.5 Å². The number of hydrogen-bond donors (Lipinski definition) is 3. The van der Waals surface area contributed by atoms with Gasteiger partial charge in [-0.05, 0) is 18.9 Å². The topological polar surface area (TPSA) is 129 Å². The minimum absolute atomic E-state index is 0.139. The summed E-state index contributed by atoms with van der Waals surface area (Å²) >= 11 is 0. The largest absolute Gasteiger partial charge is 0.480 e. The number of benzene rings is 1. The lowest BCUT2D eigenvalue weighted by Gasteiger charge is -2.24. The lowest BCUT2D eigenvalue weighted by molar-refractivity contribution is -0.168. The number of carboxylic acid groups (broad SMARTS) is 1. The molecule has 0 spiro atoms. The highest BCUT2D eigenvalue weighted by Gasteiger charge is 2.23. The van der Waals surface area contributed by atoms with Gasteiger partial charge in [-0.1, -0.05) is 37.3 Å². The quantitative estimate of drug-likeness (QED) is 0.272. The molecule has 9 heteroatoms. The van der Waals surface area contributed by atoms with Gasteiger partial charge in [-0.25, -0.2) is 9.59 Å². The maximum atomic E-state index is 11.9. The second-order valence-electron chi connectivity index (χ2n) is 5.82. The zero-order valence-electron chi connectivity index (χ0n) is 15.6. The maximum Gasteiger partial charge on any atom is 0.417 e. The van der Waals surface area contributed by atoms with Crippen LogP contribution in [0.5, 0.6) is 0 Å². The number of aliphatic carboxylic acids is 1. The van der Waals surface area contributed by atoms with Crippen LogP contribution in [-0.2, 0) is 25.5 Å². The monoisotopic (exact) mass is 379 g/mol. The fourth-order valence-electron chi connectivity index (χ4n) is 1.98. The second-order valence-corrected chi connectivity index (χ2v) is 5.82. The Morgan fingerprint density at radius 3 is 2.41 bits per heavy atom. The van der Waals surface area contributed by atoms with Crippen LogP contribution in [0.4, 0.5) is 4.79 Å². The van der Waals surface area contributed by atoms with Gasteiger partial charge in [-0.15, -0.1) is 0 Å². The number of rotatable bonds is 8. The van der Waals surface area contributed by atoms with Crippen LogP contribution in [0.15, 0.2) is 30.3 Å². The lowest BCUT2D eigenvalue weighted by Crippen LogP contribution is -2.48. The maximum absolute atomic E-state index is 11.9. The first kappa shape index (κ1) is 21.9. The minimum Gasteiger partial charge on any atom is -0.480 e. The van der Waals surface area contributed by atoms with Crippen LogP contribution in [0, 0.1) is 5.41 Å². The Kier molecular flexibility index (Phi) is 8.77. The third-order valence-electron chi connectivity index (χ3n) is 3.81. The van der Waals surface area contributed by atoms with Crippen molar-refractivity contribution >= 4 is 24.0 Å². The van der Waals surface area contributed by atoms with Crippen molar-refractivity contribution < 1.29 is 29.0 Å². The molecule has 1 aromatic carbocycles. The SMILES string of the molecule is CCC(OC(=O)CCc1ccccc1)OC(=O)NC(=N)N(C)C(C)C(=O)O. The molecular weight excluding hydrogens is 354 g/mol. The molecule has 1 amide bonds. The molecule has 3 N–H and O–H groups in total. The molecule has 0 bridgehead atoms. The predicted molar refractivity (Wildman–Crippen MR) is 97.1 cm³/mol. The number of nitrogens with zero attached hydrogens (tertiary/aromatic N) is 1. The smallest absolute Gasteiger partial charge is 0.417 e. The Morgan fingerprint density at radius 1 is 1.22 bits per heavy atom. The lowest BCUT2D eigenvalue weighted by atomic mass is 10.1. The molecule has 148 valence electrons. The number of hydrogen-bond acceptors (Lipinski definition) is 6. The van der Waals surface area contributed by atoms with Crippen LogP contribution in [0.3, 0.4) is 0 Å². The van der Waals surface area contributed by atoms with Gasteiger partial charge in [-0.2, -0.15) is 0 Å². The van der Waals surface area contributed by atoms with Crippen molar-refractivity contribution in [1.82, 2.24) is 10.2 Å². The third-order valence-corrected chi connectivity index (χ3v) is 3.81. The summed E-state index contributed by atoms with van der Waals surface area (Å²) in [5, 5.41) is 18.7. The van der Waals surface area contributed by atoms with Gasteiger partial charge in [-0.3, -0.25) is 15.5 Å². The van der Waals surface area contributed by atoms with E-state index in [0.717, 1.165) is 10.5 Å². The van der Waals surface area contributed by atoms with E-state index in [9.17, 15) is 14.4 Å². The first-order valence-corrected chi connectivity index (χ1v) is 8.49. The van der Waals surface area contributed by atoms with Crippen molar-refractivity contribution in [3.8, 4) is 0 Å². The fraction of sp³-hybridized carbons (Fsp3) is 0.444. The zero-order chi connectivity index (χ0) is 20.4. The number of ether oxygens (including phenoxy) is 2. The van der Waals surface area contributed by atoms with Crippen LogP contribution in [0.1, 0.15) is 32.3 Å². The first-order chi connectivity index (χ1) is 12.7. The summed E-state index contributed by atoms with van der Waals surface area (Å²) in [5.41, 5.74) is 0.991.